The van der Waals surface area contributed by atoms with Gasteiger partial charge < -0.3 is 10.8 Å². The van der Waals surface area contributed by atoms with Gasteiger partial charge in [-0.25, -0.2) is 15.0 Å². The molecule has 1 unspecified atom stereocenters. The molecule has 3 aromatic heterocycles. The van der Waals surface area contributed by atoms with Gasteiger partial charge in [0.1, 0.15) is 11.3 Å². The first-order valence-electron chi connectivity index (χ1n) is 9.73. The number of hydrogen-bond donors (Lipinski definition) is 2. The van der Waals surface area contributed by atoms with Crippen LogP contribution in [0, 0.1) is 18.8 Å². The second-order valence-electron chi connectivity index (χ2n) is 7.43. The Morgan fingerprint density at radius 3 is 2.87 bits per heavy atom. The average molecular weight is 393 g/mol. The predicted molar refractivity (Wildman–Crippen MR) is 115 cm³/mol. The number of fused-ring (bicyclic) bond motifs is 2. The standard InChI is InChI=1S/C24H19N5O/c1-15-19-9-13-27-22(25)20(19)29-23(28-15)18-5-2-4-16(14-18)7-10-24(30)11-8-17-6-3-12-26-21(17)24/h2-6,9,12-14,30H,8,11H2,1H3,(H2,25,27). The van der Waals surface area contributed by atoms with Crippen molar-refractivity contribution < 1.29 is 5.11 Å². The van der Waals surface area contributed by atoms with Crippen molar-refractivity contribution in [3.8, 4) is 23.2 Å². The number of nitrogens with two attached hydrogens (primary N) is 1. The van der Waals surface area contributed by atoms with Gasteiger partial charge in [0.25, 0.3) is 0 Å². The Labute approximate surface area is 173 Å². The molecule has 146 valence electrons. The van der Waals surface area contributed by atoms with Crippen molar-refractivity contribution in [2.45, 2.75) is 25.4 Å². The van der Waals surface area contributed by atoms with E-state index < -0.39 is 5.60 Å². The molecule has 1 aliphatic rings. The molecule has 30 heavy (non-hydrogen) atoms. The lowest BCUT2D eigenvalue weighted by molar-refractivity contribution is 0.0982. The van der Waals surface area contributed by atoms with Crippen LogP contribution in [0.2, 0.25) is 0 Å². The Morgan fingerprint density at radius 2 is 1.97 bits per heavy atom. The molecule has 1 aliphatic carbocycles. The lowest BCUT2D eigenvalue weighted by Crippen LogP contribution is -2.20. The first kappa shape index (κ1) is 18.2. The zero-order valence-electron chi connectivity index (χ0n) is 16.4. The zero-order valence-corrected chi connectivity index (χ0v) is 16.4. The molecular formula is C24H19N5O. The number of benzene rings is 1. The summed E-state index contributed by atoms with van der Waals surface area (Å²) >= 11 is 0. The molecule has 4 aromatic rings. The first-order chi connectivity index (χ1) is 14.5. The van der Waals surface area contributed by atoms with Crippen LogP contribution < -0.4 is 5.73 Å². The SMILES string of the molecule is Cc1nc(-c2cccc(C#CC3(O)CCc4cccnc43)c2)nc2c(N)nccc12. The molecule has 6 nitrogen and oxygen atoms in total. The van der Waals surface area contributed by atoms with Crippen molar-refractivity contribution in [2.24, 2.45) is 0 Å². The first-order valence-corrected chi connectivity index (χ1v) is 9.73. The quantitative estimate of drug-likeness (QED) is 0.482. The van der Waals surface area contributed by atoms with Crippen molar-refractivity contribution in [2.75, 3.05) is 5.73 Å². The molecule has 5 rings (SSSR count). The highest BCUT2D eigenvalue weighted by Gasteiger charge is 2.36. The molecule has 0 radical (unpaired) electrons. The summed E-state index contributed by atoms with van der Waals surface area (Å²) < 4.78 is 0. The van der Waals surface area contributed by atoms with E-state index in [0.717, 1.165) is 34.2 Å². The number of nitrogens with zero attached hydrogens (tertiary/aromatic N) is 4. The fraction of sp³-hybridized carbons (Fsp3) is 0.167. The van der Waals surface area contributed by atoms with E-state index in [1.165, 1.54) is 0 Å². The van der Waals surface area contributed by atoms with Gasteiger partial charge >= 0.3 is 0 Å². The topological polar surface area (TPSA) is 97.8 Å². The van der Waals surface area contributed by atoms with Crippen LogP contribution in [0.5, 0.6) is 0 Å². The van der Waals surface area contributed by atoms with Gasteiger partial charge in [-0.15, -0.1) is 0 Å². The van der Waals surface area contributed by atoms with Gasteiger partial charge in [-0.3, -0.25) is 4.98 Å². The molecule has 6 heteroatoms. The maximum absolute atomic E-state index is 11.0. The van der Waals surface area contributed by atoms with E-state index in [1.807, 2.05) is 49.4 Å². The number of hydrogen-bond acceptors (Lipinski definition) is 6. The number of rotatable bonds is 1. The Bertz CT molecular complexity index is 1350. The van der Waals surface area contributed by atoms with E-state index in [1.54, 1.807) is 12.4 Å². The number of aryl methyl sites for hydroxylation is 2. The van der Waals surface area contributed by atoms with E-state index in [-0.39, 0.29) is 0 Å². The van der Waals surface area contributed by atoms with Crippen LogP contribution in [0.1, 0.15) is 28.9 Å². The molecule has 0 aliphatic heterocycles. The van der Waals surface area contributed by atoms with Gasteiger partial charge in [0.05, 0.1) is 5.69 Å². The van der Waals surface area contributed by atoms with Crippen LogP contribution in [-0.2, 0) is 12.0 Å². The summed E-state index contributed by atoms with van der Waals surface area (Å²) in [7, 11) is 0. The lowest BCUT2D eigenvalue weighted by Gasteiger charge is -2.15. The van der Waals surface area contributed by atoms with Gasteiger partial charge in [0.2, 0.25) is 0 Å². The van der Waals surface area contributed by atoms with Crippen LogP contribution in [0.4, 0.5) is 5.82 Å². The number of aromatic nitrogens is 4. The van der Waals surface area contributed by atoms with Crippen molar-refractivity contribution in [3.63, 3.8) is 0 Å². The highest BCUT2D eigenvalue weighted by molar-refractivity contribution is 5.89. The molecule has 3 N–H and O–H groups in total. The normalized spacial score (nSPS) is 17.4. The second-order valence-corrected chi connectivity index (χ2v) is 7.43. The van der Waals surface area contributed by atoms with Gasteiger partial charge in [-0.1, -0.05) is 30.0 Å². The zero-order chi connectivity index (χ0) is 20.7. The molecule has 0 amide bonds. The largest absolute Gasteiger partial charge is 0.382 e. The molecule has 0 fully saturated rings. The van der Waals surface area contributed by atoms with E-state index in [4.69, 9.17) is 5.73 Å². The maximum atomic E-state index is 11.0. The van der Waals surface area contributed by atoms with Crippen molar-refractivity contribution in [1.29, 1.82) is 0 Å². The van der Waals surface area contributed by atoms with Crippen molar-refractivity contribution in [1.82, 2.24) is 19.9 Å². The highest BCUT2D eigenvalue weighted by atomic mass is 16.3. The molecule has 0 bridgehead atoms. The minimum Gasteiger partial charge on any atom is -0.382 e. The summed E-state index contributed by atoms with van der Waals surface area (Å²) in [6.07, 6.45) is 4.67. The van der Waals surface area contributed by atoms with E-state index in [0.29, 0.717) is 29.3 Å². The smallest absolute Gasteiger partial charge is 0.168 e. The predicted octanol–water partition coefficient (Wildman–Crippen LogP) is 3.16. The number of pyridine rings is 2. The van der Waals surface area contributed by atoms with E-state index >= 15 is 0 Å². The highest BCUT2D eigenvalue weighted by Crippen LogP contribution is 2.34. The molecular weight excluding hydrogens is 374 g/mol. The third-order valence-electron chi connectivity index (χ3n) is 5.41. The third kappa shape index (κ3) is 3.06. The van der Waals surface area contributed by atoms with Gasteiger partial charge in [-0.2, -0.15) is 0 Å². The Morgan fingerprint density at radius 1 is 1.07 bits per heavy atom. The minimum absolute atomic E-state index is 0.379. The van der Waals surface area contributed by atoms with Gasteiger partial charge in [0.15, 0.2) is 11.4 Å². The third-order valence-corrected chi connectivity index (χ3v) is 5.41. The van der Waals surface area contributed by atoms with Crippen LogP contribution in [0.25, 0.3) is 22.3 Å². The Kier molecular flexibility index (Phi) is 4.19. The Hall–Kier alpha value is -3.82. The summed E-state index contributed by atoms with van der Waals surface area (Å²) in [4.78, 5) is 17.7. The lowest BCUT2D eigenvalue weighted by atomic mass is 10.0. The summed E-state index contributed by atoms with van der Waals surface area (Å²) in [6, 6.07) is 13.4. The van der Waals surface area contributed by atoms with Crippen LogP contribution >= 0.6 is 0 Å². The maximum Gasteiger partial charge on any atom is 0.168 e. The van der Waals surface area contributed by atoms with E-state index in [2.05, 4.69) is 31.8 Å². The summed E-state index contributed by atoms with van der Waals surface area (Å²) in [5, 5.41) is 11.9. The summed E-state index contributed by atoms with van der Waals surface area (Å²) in [5.74, 6) is 7.08. The van der Waals surface area contributed by atoms with Gasteiger partial charge in [-0.05, 0) is 49.6 Å². The van der Waals surface area contributed by atoms with Crippen LogP contribution in [0.15, 0.2) is 54.9 Å². The monoisotopic (exact) mass is 393 g/mol. The molecule has 0 saturated carbocycles. The Balaban J connectivity index is 1.53. The summed E-state index contributed by atoms with van der Waals surface area (Å²) in [6.45, 7) is 1.93. The number of aliphatic hydroxyl groups is 1. The average Bonchev–Trinajstić information content (AvgIpc) is 3.11. The minimum atomic E-state index is -1.22. The van der Waals surface area contributed by atoms with Crippen molar-refractivity contribution >= 4 is 16.7 Å². The second kappa shape index (κ2) is 6.90. The van der Waals surface area contributed by atoms with Gasteiger partial charge in [0, 0.05) is 34.6 Å². The van der Waals surface area contributed by atoms with Crippen LogP contribution in [0.3, 0.4) is 0 Å². The molecule has 3 heterocycles. The molecule has 1 aromatic carbocycles. The van der Waals surface area contributed by atoms with E-state index in [9.17, 15) is 5.11 Å². The number of nitrogen functional groups attached to an aromatic ring is 1. The van der Waals surface area contributed by atoms with Crippen molar-refractivity contribution in [3.05, 3.63) is 77.4 Å². The van der Waals surface area contributed by atoms with Crippen LogP contribution in [-0.4, -0.2) is 25.0 Å². The fourth-order valence-electron chi connectivity index (χ4n) is 3.84. The molecule has 0 spiro atoms. The molecule has 0 saturated heterocycles. The molecule has 1 atom stereocenters. The fourth-order valence-corrected chi connectivity index (χ4v) is 3.84. The number of anilines is 1. The summed E-state index contributed by atoms with van der Waals surface area (Å²) in [5.41, 5.74) is 9.57.